The Morgan fingerprint density at radius 3 is 2.41 bits per heavy atom. The fourth-order valence-electron chi connectivity index (χ4n) is 3.43. The van der Waals surface area contributed by atoms with Gasteiger partial charge < -0.3 is 15.2 Å². The number of nitrogens with one attached hydrogen (secondary N) is 2. The lowest BCUT2D eigenvalue weighted by Crippen LogP contribution is -2.45. The van der Waals surface area contributed by atoms with Crippen molar-refractivity contribution in [3.8, 4) is 0 Å². The van der Waals surface area contributed by atoms with Crippen molar-refractivity contribution in [1.29, 1.82) is 0 Å². The van der Waals surface area contributed by atoms with Gasteiger partial charge >= 0.3 is 6.18 Å². The molecule has 1 aromatic heterocycles. The molecule has 0 atom stereocenters. The SMILES string of the molecule is Cc1nnc(CNC(=NCc2ccccc2)NC2CCC(C(F)(F)F)CC2)n1C. The molecule has 9 heteroatoms. The minimum atomic E-state index is -4.10. The van der Waals surface area contributed by atoms with E-state index in [2.05, 4.69) is 25.8 Å². The molecule has 1 aromatic carbocycles. The average Bonchev–Trinajstić information content (AvgIpc) is 3.02. The Labute approximate surface area is 168 Å². The van der Waals surface area contributed by atoms with Gasteiger partial charge in [-0.3, -0.25) is 0 Å². The number of aryl methyl sites for hydroxylation is 1. The fourth-order valence-corrected chi connectivity index (χ4v) is 3.43. The molecule has 2 aromatic rings. The van der Waals surface area contributed by atoms with Crippen molar-refractivity contribution in [2.24, 2.45) is 18.0 Å². The highest BCUT2D eigenvalue weighted by molar-refractivity contribution is 5.80. The van der Waals surface area contributed by atoms with Crippen LogP contribution in [0.5, 0.6) is 0 Å². The van der Waals surface area contributed by atoms with Crippen LogP contribution in [-0.4, -0.2) is 32.9 Å². The Hall–Kier alpha value is -2.58. The van der Waals surface area contributed by atoms with E-state index in [1.165, 1.54) is 0 Å². The predicted molar refractivity (Wildman–Crippen MR) is 105 cm³/mol. The Kier molecular flexibility index (Phi) is 6.76. The van der Waals surface area contributed by atoms with E-state index in [4.69, 9.17) is 0 Å². The van der Waals surface area contributed by atoms with E-state index in [9.17, 15) is 13.2 Å². The van der Waals surface area contributed by atoms with Crippen molar-refractivity contribution < 1.29 is 13.2 Å². The summed E-state index contributed by atoms with van der Waals surface area (Å²) in [6.45, 7) is 2.78. The van der Waals surface area contributed by atoms with E-state index in [0.29, 0.717) is 31.9 Å². The first-order chi connectivity index (χ1) is 13.8. The summed E-state index contributed by atoms with van der Waals surface area (Å²) in [7, 11) is 1.89. The van der Waals surface area contributed by atoms with Crippen LogP contribution in [-0.2, 0) is 20.1 Å². The molecule has 1 fully saturated rings. The quantitative estimate of drug-likeness (QED) is 0.587. The second-order valence-electron chi connectivity index (χ2n) is 7.46. The van der Waals surface area contributed by atoms with Crippen LogP contribution in [0.15, 0.2) is 35.3 Å². The molecule has 0 unspecified atom stereocenters. The standard InChI is InChI=1S/C20H27F3N6/c1-14-27-28-18(29(14)2)13-25-19(24-12-15-6-4-3-5-7-15)26-17-10-8-16(9-11-17)20(21,22)23/h3-7,16-17H,8-13H2,1-2H3,(H2,24,25,26). The number of aromatic nitrogens is 3. The highest BCUT2D eigenvalue weighted by atomic mass is 19.4. The summed E-state index contributed by atoms with van der Waals surface area (Å²) in [4.78, 5) is 4.62. The molecular weight excluding hydrogens is 381 g/mol. The zero-order valence-corrected chi connectivity index (χ0v) is 16.7. The predicted octanol–water partition coefficient (Wildman–Crippen LogP) is 3.48. The van der Waals surface area contributed by atoms with Gasteiger partial charge in [-0.15, -0.1) is 10.2 Å². The Bertz CT molecular complexity index is 807. The number of halogens is 3. The Morgan fingerprint density at radius 1 is 1.14 bits per heavy atom. The number of alkyl halides is 3. The first-order valence-corrected chi connectivity index (χ1v) is 9.83. The number of rotatable bonds is 5. The maximum atomic E-state index is 12.9. The summed E-state index contributed by atoms with van der Waals surface area (Å²) in [6.07, 6.45) is -2.86. The van der Waals surface area contributed by atoms with E-state index in [1.54, 1.807) is 0 Å². The molecule has 0 amide bonds. The van der Waals surface area contributed by atoms with Gasteiger partial charge in [-0.2, -0.15) is 13.2 Å². The van der Waals surface area contributed by atoms with Crippen molar-refractivity contribution in [2.45, 2.75) is 57.9 Å². The highest BCUT2D eigenvalue weighted by Crippen LogP contribution is 2.37. The maximum absolute atomic E-state index is 12.9. The second-order valence-corrected chi connectivity index (χ2v) is 7.46. The van der Waals surface area contributed by atoms with Gasteiger partial charge in [0.25, 0.3) is 0 Å². The molecule has 3 rings (SSSR count). The second kappa shape index (κ2) is 9.28. The highest BCUT2D eigenvalue weighted by Gasteiger charge is 2.41. The van der Waals surface area contributed by atoms with Crippen molar-refractivity contribution in [3.05, 3.63) is 47.5 Å². The summed E-state index contributed by atoms with van der Waals surface area (Å²) < 4.78 is 40.6. The number of nitrogens with zero attached hydrogens (tertiary/aromatic N) is 4. The third kappa shape index (κ3) is 5.95. The van der Waals surface area contributed by atoms with Gasteiger partial charge in [0.1, 0.15) is 5.82 Å². The summed E-state index contributed by atoms with van der Waals surface area (Å²) >= 11 is 0. The number of guanidine groups is 1. The number of benzene rings is 1. The minimum absolute atomic E-state index is 0.0307. The normalized spacial score (nSPS) is 20.5. The lowest BCUT2D eigenvalue weighted by molar-refractivity contribution is -0.182. The molecule has 2 N–H and O–H groups in total. The van der Waals surface area contributed by atoms with Gasteiger partial charge in [0, 0.05) is 13.1 Å². The third-order valence-corrected chi connectivity index (χ3v) is 5.39. The van der Waals surface area contributed by atoms with Gasteiger partial charge in [-0.1, -0.05) is 30.3 Å². The van der Waals surface area contributed by atoms with Crippen molar-refractivity contribution in [2.75, 3.05) is 0 Å². The van der Waals surface area contributed by atoms with Crippen LogP contribution >= 0.6 is 0 Å². The van der Waals surface area contributed by atoms with E-state index in [1.807, 2.05) is 48.9 Å². The summed E-state index contributed by atoms with van der Waals surface area (Å²) in [6, 6.07) is 9.79. The zero-order chi connectivity index (χ0) is 20.9. The molecule has 158 valence electrons. The van der Waals surface area contributed by atoms with Crippen LogP contribution in [0.3, 0.4) is 0 Å². The van der Waals surface area contributed by atoms with Crippen molar-refractivity contribution >= 4 is 5.96 Å². The Balaban J connectivity index is 1.63. The van der Waals surface area contributed by atoms with E-state index >= 15 is 0 Å². The molecule has 0 saturated heterocycles. The molecule has 6 nitrogen and oxygen atoms in total. The summed E-state index contributed by atoms with van der Waals surface area (Å²) in [5, 5.41) is 14.7. The number of hydrogen-bond acceptors (Lipinski definition) is 3. The fraction of sp³-hybridized carbons (Fsp3) is 0.550. The minimum Gasteiger partial charge on any atom is -0.354 e. The van der Waals surface area contributed by atoms with Gasteiger partial charge in [0.05, 0.1) is 19.0 Å². The van der Waals surface area contributed by atoms with Crippen LogP contribution in [0.25, 0.3) is 0 Å². The molecule has 29 heavy (non-hydrogen) atoms. The summed E-state index contributed by atoms with van der Waals surface area (Å²) in [5.41, 5.74) is 1.06. The first kappa shape index (κ1) is 21.1. The molecule has 1 saturated carbocycles. The zero-order valence-electron chi connectivity index (χ0n) is 16.7. The van der Waals surface area contributed by atoms with Crippen molar-refractivity contribution in [3.63, 3.8) is 0 Å². The monoisotopic (exact) mass is 408 g/mol. The van der Waals surface area contributed by atoms with Crippen molar-refractivity contribution in [1.82, 2.24) is 25.4 Å². The molecule has 1 aliphatic carbocycles. The number of aliphatic imine (C=N–C) groups is 1. The van der Waals surface area contributed by atoms with E-state index in [-0.39, 0.29) is 18.9 Å². The lowest BCUT2D eigenvalue weighted by atomic mass is 9.85. The first-order valence-electron chi connectivity index (χ1n) is 9.83. The van der Waals surface area contributed by atoms with Crippen LogP contribution in [0.1, 0.15) is 42.9 Å². The molecule has 1 heterocycles. The molecule has 0 spiro atoms. The topological polar surface area (TPSA) is 67.1 Å². The summed E-state index contributed by atoms with van der Waals surface area (Å²) in [5.74, 6) is 0.949. The Morgan fingerprint density at radius 2 is 1.83 bits per heavy atom. The molecule has 0 bridgehead atoms. The smallest absolute Gasteiger partial charge is 0.354 e. The van der Waals surface area contributed by atoms with Crippen LogP contribution < -0.4 is 10.6 Å². The largest absolute Gasteiger partial charge is 0.391 e. The van der Waals surface area contributed by atoms with Crippen LogP contribution in [0, 0.1) is 12.8 Å². The molecule has 1 aliphatic rings. The molecule has 0 radical (unpaired) electrons. The van der Waals surface area contributed by atoms with Gasteiger partial charge in [0.2, 0.25) is 0 Å². The van der Waals surface area contributed by atoms with E-state index < -0.39 is 12.1 Å². The van der Waals surface area contributed by atoms with Gasteiger partial charge in [-0.25, -0.2) is 4.99 Å². The van der Waals surface area contributed by atoms with Gasteiger partial charge in [0.15, 0.2) is 11.8 Å². The maximum Gasteiger partial charge on any atom is 0.391 e. The average molecular weight is 408 g/mol. The lowest BCUT2D eigenvalue weighted by Gasteiger charge is -2.31. The number of hydrogen-bond donors (Lipinski definition) is 2. The van der Waals surface area contributed by atoms with Crippen LogP contribution in [0.4, 0.5) is 13.2 Å². The third-order valence-electron chi connectivity index (χ3n) is 5.39. The van der Waals surface area contributed by atoms with Gasteiger partial charge in [-0.05, 0) is 38.2 Å². The molecular formula is C20H27F3N6. The van der Waals surface area contributed by atoms with Crippen LogP contribution in [0.2, 0.25) is 0 Å². The van der Waals surface area contributed by atoms with E-state index in [0.717, 1.165) is 17.2 Å². The molecule has 0 aliphatic heterocycles.